The van der Waals surface area contributed by atoms with Gasteiger partial charge in [0.05, 0.1) is 19.3 Å². The van der Waals surface area contributed by atoms with Crippen molar-refractivity contribution in [2.45, 2.75) is 38.8 Å². The number of nitrogens with zero attached hydrogens (tertiary/aromatic N) is 1. The maximum Gasteiger partial charge on any atom is 0.411 e. The Labute approximate surface area is 149 Å². The summed E-state index contributed by atoms with van der Waals surface area (Å²) in [5.74, 6) is 0.774. The lowest BCUT2D eigenvalue weighted by Crippen LogP contribution is -2.45. The number of ether oxygens (including phenoxy) is 2. The van der Waals surface area contributed by atoms with Crippen molar-refractivity contribution in [1.29, 1.82) is 0 Å². The van der Waals surface area contributed by atoms with E-state index in [9.17, 15) is 4.79 Å². The van der Waals surface area contributed by atoms with Gasteiger partial charge in [-0.25, -0.2) is 9.79 Å². The maximum atomic E-state index is 11.2. The van der Waals surface area contributed by atoms with Crippen molar-refractivity contribution in [2.75, 3.05) is 32.1 Å². The minimum Gasteiger partial charge on any atom is -0.453 e. The molecule has 138 valence electrons. The van der Waals surface area contributed by atoms with Crippen LogP contribution in [0.2, 0.25) is 0 Å². The monoisotopic (exact) mass is 348 g/mol. The Morgan fingerprint density at radius 2 is 2.08 bits per heavy atom. The summed E-state index contributed by atoms with van der Waals surface area (Å²) in [6, 6.07) is 7.52. The van der Waals surface area contributed by atoms with Gasteiger partial charge in [0.15, 0.2) is 5.96 Å². The zero-order valence-electron chi connectivity index (χ0n) is 15.2. The van der Waals surface area contributed by atoms with Crippen LogP contribution in [0, 0.1) is 0 Å². The SMILES string of the molecule is CCNC(=NCc1ccc(NC(=O)OC)cc1)NCC1(C)CCCO1. The fraction of sp³-hybridized carbons (Fsp3) is 0.556. The number of benzene rings is 1. The van der Waals surface area contributed by atoms with E-state index in [1.54, 1.807) is 0 Å². The third-order valence-electron chi connectivity index (χ3n) is 4.08. The molecule has 1 aliphatic heterocycles. The minimum atomic E-state index is -0.480. The van der Waals surface area contributed by atoms with Gasteiger partial charge in [-0.15, -0.1) is 0 Å². The number of carbonyl (C=O) groups is 1. The highest BCUT2D eigenvalue weighted by Crippen LogP contribution is 2.23. The predicted octanol–water partition coefficient (Wildman–Crippen LogP) is 2.49. The lowest BCUT2D eigenvalue weighted by atomic mass is 10.0. The normalized spacial score (nSPS) is 20.2. The Hall–Kier alpha value is -2.28. The lowest BCUT2D eigenvalue weighted by Gasteiger charge is -2.24. The maximum absolute atomic E-state index is 11.2. The molecule has 1 aliphatic rings. The van der Waals surface area contributed by atoms with Crippen molar-refractivity contribution in [1.82, 2.24) is 10.6 Å². The van der Waals surface area contributed by atoms with E-state index in [-0.39, 0.29) is 5.60 Å². The van der Waals surface area contributed by atoms with Crippen LogP contribution in [0.4, 0.5) is 10.5 Å². The molecule has 0 radical (unpaired) electrons. The second kappa shape index (κ2) is 9.27. The molecule has 25 heavy (non-hydrogen) atoms. The summed E-state index contributed by atoms with van der Waals surface area (Å²) in [5.41, 5.74) is 1.63. The highest BCUT2D eigenvalue weighted by atomic mass is 16.5. The van der Waals surface area contributed by atoms with Crippen LogP contribution in [0.5, 0.6) is 0 Å². The molecule has 1 saturated heterocycles. The van der Waals surface area contributed by atoms with E-state index in [2.05, 4.69) is 32.6 Å². The Morgan fingerprint density at radius 1 is 1.32 bits per heavy atom. The third kappa shape index (κ3) is 6.26. The number of rotatable bonds is 6. The van der Waals surface area contributed by atoms with Crippen molar-refractivity contribution < 1.29 is 14.3 Å². The molecule has 3 N–H and O–H groups in total. The van der Waals surface area contributed by atoms with Crippen LogP contribution in [-0.4, -0.2) is 44.5 Å². The summed E-state index contributed by atoms with van der Waals surface area (Å²) >= 11 is 0. The largest absolute Gasteiger partial charge is 0.453 e. The zero-order chi connectivity index (χ0) is 18.1. The van der Waals surface area contributed by atoms with E-state index in [4.69, 9.17) is 4.74 Å². The number of guanidine groups is 1. The number of methoxy groups -OCH3 is 1. The van der Waals surface area contributed by atoms with Gasteiger partial charge in [-0.05, 0) is 44.4 Å². The van der Waals surface area contributed by atoms with Crippen LogP contribution in [-0.2, 0) is 16.0 Å². The van der Waals surface area contributed by atoms with Crippen molar-refractivity contribution >= 4 is 17.7 Å². The third-order valence-corrected chi connectivity index (χ3v) is 4.08. The van der Waals surface area contributed by atoms with Crippen LogP contribution in [0.15, 0.2) is 29.3 Å². The first kappa shape index (κ1) is 19.1. The van der Waals surface area contributed by atoms with E-state index < -0.39 is 6.09 Å². The molecule has 0 aromatic heterocycles. The molecule has 0 spiro atoms. The van der Waals surface area contributed by atoms with Gasteiger partial charge in [0, 0.05) is 25.4 Å². The van der Waals surface area contributed by atoms with Crippen LogP contribution in [0.3, 0.4) is 0 Å². The van der Waals surface area contributed by atoms with E-state index in [0.29, 0.717) is 12.2 Å². The fourth-order valence-corrected chi connectivity index (χ4v) is 2.62. The number of amides is 1. The fourth-order valence-electron chi connectivity index (χ4n) is 2.62. The van der Waals surface area contributed by atoms with E-state index >= 15 is 0 Å². The number of carbonyl (C=O) groups excluding carboxylic acids is 1. The first-order valence-corrected chi connectivity index (χ1v) is 8.65. The first-order valence-electron chi connectivity index (χ1n) is 8.65. The molecular weight excluding hydrogens is 320 g/mol. The van der Waals surface area contributed by atoms with Gasteiger partial charge in [-0.3, -0.25) is 5.32 Å². The van der Waals surface area contributed by atoms with E-state index in [1.165, 1.54) is 7.11 Å². The van der Waals surface area contributed by atoms with Crippen molar-refractivity contribution in [3.63, 3.8) is 0 Å². The number of aliphatic imine (C=N–C) groups is 1. The van der Waals surface area contributed by atoms with Crippen molar-refractivity contribution in [3.8, 4) is 0 Å². The molecule has 1 heterocycles. The van der Waals surface area contributed by atoms with Gasteiger partial charge in [-0.1, -0.05) is 12.1 Å². The molecule has 1 fully saturated rings. The smallest absolute Gasteiger partial charge is 0.411 e. The van der Waals surface area contributed by atoms with Gasteiger partial charge >= 0.3 is 6.09 Å². The van der Waals surface area contributed by atoms with Gasteiger partial charge < -0.3 is 20.1 Å². The molecule has 2 rings (SSSR count). The topological polar surface area (TPSA) is 84.0 Å². The summed E-state index contributed by atoms with van der Waals surface area (Å²) in [5, 5.41) is 9.23. The second-order valence-electron chi connectivity index (χ2n) is 6.26. The average Bonchev–Trinajstić information content (AvgIpc) is 3.05. The quantitative estimate of drug-likeness (QED) is 0.543. The Morgan fingerprint density at radius 3 is 2.68 bits per heavy atom. The first-order chi connectivity index (χ1) is 12.0. The Kier molecular flexibility index (Phi) is 7.06. The molecule has 1 unspecified atom stereocenters. The van der Waals surface area contributed by atoms with Crippen LogP contribution < -0.4 is 16.0 Å². The number of nitrogens with one attached hydrogen (secondary N) is 3. The summed E-state index contributed by atoms with van der Waals surface area (Å²) in [6.07, 6.45) is 1.69. The highest BCUT2D eigenvalue weighted by Gasteiger charge is 2.29. The van der Waals surface area contributed by atoms with Crippen molar-refractivity contribution in [3.05, 3.63) is 29.8 Å². The summed E-state index contributed by atoms with van der Waals surface area (Å²) < 4.78 is 10.4. The second-order valence-corrected chi connectivity index (χ2v) is 6.26. The standard InChI is InChI=1S/C18H28N4O3/c1-4-19-16(21-13-18(2)10-5-11-25-18)20-12-14-6-8-15(9-7-14)22-17(23)24-3/h6-9H,4-5,10-13H2,1-3H3,(H,22,23)(H2,19,20,21). The van der Waals surface area contributed by atoms with Crippen LogP contribution in [0.1, 0.15) is 32.3 Å². The Bertz CT molecular complexity index is 580. The van der Waals surface area contributed by atoms with Gasteiger partial charge in [0.2, 0.25) is 0 Å². The van der Waals surface area contributed by atoms with Gasteiger partial charge in [0.25, 0.3) is 0 Å². The minimum absolute atomic E-state index is 0.114. The van der Waals surface area contributed by atoms with E-state index in [0.717, 1.165) is 44.1 Å². The summed E-state index contributed by atoms with van der Waals surface area (Å²) in [4.78, 5) is 15.8. The molecule has 0 saturated carbocycles. The molecule has 7 nitrogen and oxygen atoms in total. The van der Waals surface area contributed by atoms with Crippen LogP contribution in [0.25, 0.3) is 0 Å². The van der Waals surface area contributed by atoms with Crippen molar-refractivity contribution in [2.24, 2.45) is 4.99 Å². The summed E-state index contributed by atoms with van der Waals surface area (Å²) in [6.45, 7) is 7.08. The number of hydrogen-bond donors (Lipinski definition) is 3. The molecule has 1 aromatic rings. The highest BCUT2D eigenvalue weighted by molar-refractivity contribution is 5.84. The zero-order valence-corrected chi connectivity index (χ0v) is 15.2. The van der Waals surface area contributed by atoms with Gasteiger partial charge in [0.1, 0.15) is 0 Å². The van der Waals surface area contributed by atoms with Gasteiger partial charge in [-0.2, -0.15) is 0 Å². The van der Waals surface area contributed by atoms with Crippen LogP contribution >= 0.6 is 0 Å². The average molecular weight is 348 g/mol. The lowest BCUT2D eigenvalue weighted by molar-refractivity contribution is 0.0243. The molecule has 7 heteroatoms. The molecule has 1 aromatic carbocycles. The number of anilines is 1. The molecular formula is C18H28N4O3. The summed E-state index contributed by atoms with van der Waals surface area (Å²) in [7, 11) is 1.34. The van der Waals surface area contributed by atoms with E-state index in [1.807, 2.05) is 31.2 Å². The molecule has 1 atom stereocenters. The molecule has 0 aliphatic carbocycles. The Balaban J connectivity index is 1.90. The predicted molar refractivity (Wildman–Crippen MR) is 98.9 cm³/mol. The number of hydrogen-bond acceptors (Lipinski definition) is 4. The molecule has 0 bridgehead atoms. The molecule has 1 amide bonds.